The van der Waals surface area contributed by atoms with Crippen molar-refractivity contribution < 1.29 is 13.6 Å². The van der Waals surface area contributed by atoms with Crippen LogP contribution in [0.1, 0.15) is 169 Å². The van der Waals surface area contributed by atoms with Crippen LogP contribution < -0.4 is 0 Å². The molecule has 0 saturated heterocycles. The van der Waals surface area contributed by atoms with Gasteiger partial charge in [0.05, 0.1) is 12.2 Å². The van der Waals surface area contributed by atoms with Crippen molar-refractivity contribution in [1.82, 2.24) is 4.90 Å². The molecule has 0 aliphatic heterocycles. The first kappa shape index (κ1) is 45.4. The van der Waals surface area contributed by atoms with E-state index in [0.717, 1.165) is 32.4 Å². The Bertz CT molecular complexity index is 1200. The first-order chi connectivity index (χ1) is 24.2. The summed E-state index contributed by atoms with van der Waals surface area (Å²) < 4.78 is 15.2. The second kappa shape index (κ2) is 18.8. The molecule has 52 heavy (non-hydrogen) atoms. The summed E-state index contributed by atoms with van der Waals surface area (Å²) in [5.41, 5.74) is 7.76. The topological polar surface area (TPSA) is 38.8 Å². The Morgan fingerprint density at radius 3 is 1.85 bits per heavy atom. The van der Waals surface area contributed by atoms with Crippen molar-refractivity contribution in [3.05, 3.63) is 35.5 Å². The number of hydrogen-bond acceptors (Lipinski definition) is 3. The maximum atomic E-state index is 12.9. The van der Waals surface area contributed by atoms with Crippen LogP contribution in [0.2, 0.25) is 33.2 Å². The fourth-order valence-electron chi connectivity index (χ4n) is 12.5. The van der Waals surface area contributed by atoms with Gasteiger partial charge in [-0.2, -0.15) is 0 Å². The molecular formula is C46H85NO3Si2. The van der Waals surface area contributed by atoms with E-state index in [1.54, 1.807) is 5.57 Å². The van der Waals surface area contributed by atoms with Gasteiger partial charge in [-0.05, 0) is 126 Å². The number of allylic oxidation sites excluding steroid dienone is 3. The number of fused-ring (bicyclic) bond motifs is 1. The third kappa shape index (κ3) is 9.18. The van der Waals surface area contributed by atoms with Crippen molar-refractivity contribution >= 4 is 22.5 Å². The normalized spacial score (nSPS) is 28.4. The van der Waals surface area contributed by atoms with Crippen LogP contribution in [0.15, 0.2) is 35.5 Å². The fraction of sp³-hybridized carbons (Fsp3) is 0.848. The number of nitrogens with zero attached hydrogens (tertiary/aromatic N) is 1. The molecular weight excluding hydrogens is 671 g/mol. The highest BCUT2D eigenvalue weighted by Gasteiger charge is 2.52. The zero-order chi connectivity index (χ0) is 39.3. The summed E-state index contributed by atoms with van der Waals surface area (Å²) in [5, 5.41) is 0. The highest BCUT2D eigenvalue weighted by atomic mass is 28.4. The van der Waals surface area contributed by atoms with Crippen molar-refractivity contribution in [3.8, 4) is 0 Å². The molecule has 0 aromatic rings. The fourth-order valence-corrected chi connectivity index (χ4v) is 23.6. The van der Waals surface area contributed by atoms with E-state index in [1.165, 1.54) is 43.3 Å². The van der Waals surface area contributed by atoms with Crippen molar-refractivity contribution in [2.24, 2.45) is 23.2 Å². The van der Waals surface area contributed by atoms with Crippen molar-refractivity contribution in [2.45, 2.75) is 214 Å². The molecule has 1 amide bonds. The van der Waals surface area contributed by atoms with Crippen molar-refractivity contribution in [1.29, 1.82) is 0 Å². The lowest BCUT2D eigenvalue weighted by Gasteiger charge is -2.49. The Morgan fingerprint density at radius 1 is 0.827 bits per heavy atom. The van der Waals surface area contributed by atoms with Gasteiger partial charge >= 0.3 is 0 Å². The molecule has 0 unspecified atom stereocenters. The maximum absolute atomic E-state index is 12.9. The van der Waals surface area contributed by atoms with E-state index in [-0.39, 0.29) is 12.2 Å². The summed E-state index contributed by atoms with van der Waals surface area (Å²) in [6.45, 7) is 44.6. The SMILES string of the molecule is C=C1/C(=C\C=C2CCC[C@]3(C)[C@@H]([C@H](C)CCC(=O)N(CC)CC)CC[C@@H]23)C[C@H](O[Si](C(C)C)(C(C)C)C(C)C)C[C@H]1O[Si](C(C)C)(C(C)C)C(C)C. The van der Waals surface area contributed by atoms with Gasteiger partial charge in [0.25, 0.3) is 0 Å². The monoisotopic (exact) mass is 756 g/mol. The van der Waals surface area contributed by atoms with E-state index in [1.807, 2.05) is 4.90 Å². The lowest BCUT2D eigenvalue weighted by Crippen LogP contribution is -2.54. The Hall–Kier alpha value is -0.956. The number of carbonyl (C=O) groups excluding carboxylic acids is 1. The molecule has 0 N–H and O–H groups in total. The van der Waals surface area contributed by atoms with Crippen LogP contribution in [0, 0.1) is 23.2 Å². The third-order valence-electron chi connectivity index (χ3n) is 15.0. The molecule has 0 spiro atoms. The van der Waals surface area contributed by atoms with Gasteiger partial charge in [-0.15, -0.1) is 0 Å². The second-order valence-corrected chi connectivity index (χ2v) is 30.4. The summed E-state index contributed by atoms with van der Waals surface area (Å²) in [4.78, 5) is 14.9. The van der Waals surface area contributed by atoms with Crippen LogP contribution in [-0.4, -0.2) is 52.7 Å². The van der Waals surface area contributed by atoms with Crippen LogP contribution in [0.4, 0.5) is 0 Å². The van der Waals surface area contributed by atoms with Gasteiger partial charge in [-0.1, -0.05) is 121 Å². The average Bonchev–Trinajstić information content (AvgIpc) is 3.42. The minimum atomic E-state index is -2.14. The van der Waals surface area contributed by atoms with Crippen LogP contribution in [-0.2, 0) is 13.6 Å². The van der Waals surface area contributed by atoms with Crippen LogP contribution in [0.5, 0.6) is 0 Å². The Balaban J connectivity index is 1.98. The molecule has 6 heteroatoms. The van der Waals surface area contributed by atoms with Crippen LogP contribution >= 0.6 is 0 Å². The molecule has 3 fully saturated rings. The molecule has 6 atom stereocenters. The van der Waals surface area contributed by atoms with E-state index in [2.05, 4.69) is 123 Å². The first-order valence-corrected chi connectivity index (χ1v) is 26.2. The third-order valence-corrected chi connectivity index (χ3v) is 27.3. The summed E-state index contributed by atoms with van der Waals surface area (Å²) in [5.74, 6) is 2.21. The smallest absolute Gasteiger partial charge is 0.222 e. The van der Waals surface area contributed by atoms with Gasteiger partial charge < -0.3 is 13.8 Å². The average molecular weight is 756 g/mol. The standard InChI is InChI=1S/C46H85NO3Si2/c1-18-47(19-2)45(48)27-22-37(15)42-25-26-43-39(21-20-28-46(42,43)17)23-24-40-29-41(49-51(31(3)4,32(5)6)33(7)8)30-44(38(40)16)50-52(34(9)10,35(11)12)36(13)14/h23-24,31-37,41-44H,16,18-22,25-30H2,1-15,17H3/b39-23?,40-24-/t37-,41+,42-,43+,44-,46-/m1/s1. The molecule has 0 radical (unpaired) electrons. The van der Waals surface area contributed by atoms with Gasteiger partial charge in [0.2, 0.25) is 22.5 Å². The van der Waals surface area contributed by atoms with Gasteiger partial charge in [0, 0.05) is 25.9 Å². The van der Waals surface area contributed by atoms with Crippen molar-refractivity contribution in [2.75, 3.05) is 13.1 Å². The molecule has 0 heterocycles. The minimum absolute atomic E-state index is 0.00726. The molecule has 300 valence electrons. The second-order valence-electron chi connectivity index (χ2n) is 19.6. The van der Waals surface area contributed by atoms with Gasteiger partial charge in [-0.3, -0.25) is 4.79 Å². The first-order valence-electron chi connectivity index (χ1n) is 22.0. The lowest BCUT2D eigenvalue weighted by molar-refractivity contribution is -0.131. The van der Waals surface area contributed by atoms with E-state index in [4.69, 9.17) is 15.4 Å². The van der Waals surface area contributed by atoms with Crippen LogP contribution in [0.25, 0.3) is 0 Å². The van der Waals surface area contributed by atoms with Crippen molar-refractivity contribution in [3.63, 3.8) is 0 Å². The minimum Gasteiger partial charge on any atom is -0.413 e. The maximum Gasteiger partial charge on any atom is 0.222 e. The number of hydrogen-bond donors (Lipinski definition) is 0. The Kier molecular flexibility index (Phi) is 16.4. The highest BCUT2D eigenvalue weighted by Crippen LogP contribution is 2.60. The molecule has 3 saturated carbocycles. The Labute approximate surface area is 325 Å². The zero-order valence-electron chi connectivity index (χ0n) is 37.2. The van der Waals surface area contributed by atoms with E-state index in [0.29, 0.717) is 68.7 Å². The summed E-state index contributed by atoms with van der Waals surface area (Å²) >= 11 is 0. The quantitative estimate of drug-likeness (QED) is 0.139. The molecule has 3 aliphatic rings. The Morgan fingerprint density at radius 2 is 1.35 bits per heavy atom. The number of rotatable bonds is 17. The number of carbonyl (C=O) groups is 1. The highest BCUT2D eigenvalue weighted by molar-refractivity contribution is 6.78. The molecule has 0 aromatic heterocycles. The predicted molar refractivity (Wildman–Crippen MR) is 231 cm³/mol. The molecule has 0 bridgehead atoms. The summed E-state index contributed by atoms with van der Waals surface area (Å²) in [6, 6.07) is 0. The van der Waals surface area contributed by atoms with E-state index < -0.39 is 16.6 Å². The van der Waals surface area contributed by atoms with Gasteiger partial charge in [-0.25, -0.2) is 0 Å². The molecule has 0 aromatic carbocycles. The largest absolute Gasteiger partial charge is 0.413 e. The van der Waals surface area contributed by atoms with Gasteiger partial charge in [0.15, 0.2) is 0 Å². The molecule has 4 nitrogen and oxygen atoms in total. The molecule has 3 aliphatic carbocycles. The molecule has 3 rings (SSSR count). The van der Waals surface area contributed by atoms with Gasteiger partial charge in [0.1, 0.15) is 0 Å². The zero-order valence-corrected chi connectivity index (χ0v) is 39.2. The van der Waals surface area contributed by atoms with E-state index >= 15 is 0 Å². The van der Waals surface area contributed by atoms with E-state index in [9.17, 15) is 4.79 Å². The predicted octanol–water partition coefficient (Wildman–Crippen LogP) is 13.8. The summed E-state index contributed by atoms with van der Waals surface area (Å²) in [7, 11) is -4.22. The number of amides is 1. The summed E-state index contributed by atoms with van der Waals surface area (Å²) in [6.07, 6.45) is 15.1. The lowest BCUT2D eigenvalue weighted by atomic mass is 9.60. The van der Waals surface area contributed by atoms with Crippen LogP contribution in [0.3, 0.4) is 0 Å².